The minimum absolute atomic E-state index is 0.0655. The van der Waals surface area contributed by atoms with Crippen molar-refractivity contribution in [1.82, 2.24) is 0 Å². The van der Waals surface area contributed by atoms with Gasteiger partial charge < -0.3 is 10.1 Å². The molecule has 0 bridgehead atoms. The van der Waals surface area contributed by atoms with Crippen LogP contribution in [0.3, 0.4) is 0 Å². The van der Waals surface area contributed by atoms with Crippen LogP contribution in [0.5, 0.6) is 5.75 Å². The third-order valence-electron chi connectivity index (χ3n) is 3.65. The largest absolute Gasteiger partial charge is 0.417 e. The molecule has 0 fully saturated rings. The maximum Gasteiger partial charge on any atom is 0.417 e. The van der Waals surface area contributed by atoms with Crippen molar-refractivity contribution in [3.05, 3.63) is 52.5 Å². The smallest absolute Gasteiger partial charge is 0.410 e. The minimum Gasteiger partial charge on any atom is -0.410 e. The van der Waals surface area contributed by atoms with Gasteiger partial charge in [0.25, 0.3) is 0 Å². The van der Waals surface area contributed by atoms with Gasteiger partial charge in [-0.05, 0) is 36.8 Å². The van der Waals surface area contributed by atoms with Gasteiger partial charge in [0.1, 0.15) is 5.75 Å². The van der Waals surface area contributed by atoms with E-state index in [1.165, 1.54) is 6.07 Å². The normalized spacial score (nSPS) is 11.5. The maximum absolute atomic E-state index is 12.1. The molecule has 2 amide bonds. The van der Waals surface area contributed by atoms with E-state index in [1.807, 2.05) is 13.8 Å². The number of nitrogens with one attached hydrogen (secondary N) is 2. The fraction of sp³-hybridized carbons (Fsp3) is 0.263. The number of hydrogen-bond acceptors (Lipinski definition) is 3. The Balaban J connectivity index is 1.97. The van der Waals surface area contributed by atoms with Gasteiger partial charge in [0.2, 0.25) is 5.91 Å². The second kappa shape index (κ2) is 9.46. The summed E-state index contributed by atoms with van der Waals surface area (Å²) in [7, 11) is 0. The highest BCUT2D eigenvalue weighted by atomic mass is 35.5. The van der Waals surface area contributed by atoms with Gasteiger partial charge in [-0.1, -0.05) is 49.5 Å². The van der Waals surface area contributed by atoms with E-state index in [4.69, 9.17) is 27.9 Å². The van der Waals surface area contributed by atoms with Gasteiger partial charge in [-0.25, -0.2) is 4.79 Å². The number of amides is 2. The fourth-order valence-corrected chi connectivity index (χ4v) is 2.59. The zero-order valence-electron chi connectivity index (χ0n) is 14.5. The Bertz CT molecular complexity index is 796. The second-order valence-corrected chi connectivity index (χ2v) is 6.66. The lowest BCUT2D eigenvalue weighted by molar-refractivity contribution is -0.119. The molecule has 5 nitrogen and oxygen atoms in total. The first kappa shape index (κ1) is 20.1. The Morgan fingerprint density at radius 3 is 2.46 bits per heavy atom. The van der Waals surface area contributed by atoms with Crippen LogP contribution in [0.1, 0.15) is 26.7 Å². The molecule has 0 aliphatic rings. The molecule has 0 saturated carbocycles. The number of benzene rings is 2. The SMILES string of the molecule is CCCC(C)C(=O)Nc1cccc(OC(=O)Nc2ccc(Cl)c(Cl)c2)c1. The molecule has 0 radical (unpaired) electrons. The molecule has 1 atom stereocenters. The predicted molar refractivity (Wildman–Crippen MR) is 105 cm³/mol. The first-order chi connectivity index (χ1) is 12.4. The van der Waals surface area contributed by atoms with Crippen LogP contribution in [-0.2, 0) is 4.79 Å². The van der Waals surface area contributed by atoms with E-state index < -0.39 is 6.09 Å². The van der Waals surface area contributed by atoms with Crippen LogP contribution in [-0.4, -0.2) is 12.0 Å². The maximum atomic E-state index is 12.1. The predicted octanol–water partition coefficient (Wildman–Crippen LogP) is 5.98. The highest BCUT2D eigenvalue weighted by Crippen LogP contribution is 2.25. The Labute approximate surface area is 162 Å². The topological polar surface area (TPSA) is 67.4 Å². The van der Waals surface area contributed by atoms with Crippen molar-refractivity contribution in [3.63, 3.8) is 0 Å². The van der Waals surface area contributed by atoms with E-state index in [1.54, 1.807) is 36.4 Å². The number of hydrogen-bond donors (Lipinski definition) is 2. The van der Waals surface area contributed by atoms with Crippen molar-refractivity contribution in [2.75, 3.05) is 10.6 Å². The monoisotopic (exact) mass is 394 g/mol. The lowest BCUT2D eigenvalue weighted by Gasteiger charge is -2.12. The number of anilines is 2. The van der Waals surface area contributed by atoms with Crippen LogP contribution in [0.4, 0.5) is 16.2 Å². The first-order valence-corrected chi connectivity index (χ1v) is 8.99. The molecular weight excluding hydrogens is 375 g/mol. The van der Waals surface area contributed by atoms with Crippen molar-refractivity contribution in [2.24, 2.45) is 5.92 Å². The summed E-state index contributed by atoms with van der Waals surface area (Å²) >= 11 is 11.7. The number of carbonyl (C=O) groups is 2. The zero-order valence-corrected chi connectivity index (χ0v) is 16.0. The van der Waals surface area contributed by atoms with E-state index in [-0.39, 0.29) is 11.8 Å². The average molecular weight is 395 g/mol. The van der Waals surface area contributed by atoms with Crippen molar-refractivity contribution in [3.8, 4) is 5.75 Å². The molecule has 0 aliphatic carbocycles. The van der Waals surface area contributed by atoms with Crippen molar-refractivity contribution in [2.45, 2.75) is 26.7 Å². The fourth-order valence-electron chi connectivity index (χ4n) is 2.29. The third-order valence-corrected chi connectivity index (χ3v) is 4.39. The summed E-state index contributed by atoms with van der Waals surface area (Å²) in [6.45, 7) is 3.91. The molecule has 7 heteroatoms. The minimum atomic E-state index is -0.675. The summed E-state index contributed by atoms with van der Waals surface area (Å²) in [5, 5.41) is 6.11. The first-order valence-electron chi connectivity index (χ1n) is 8.24. The van der Waals surface area contributed by atoms with Gasteiger partial charge in [0.15, 0.2) is 0 Å². The van der Waals surface area contributed by atoms with Crippen molar-refractivity contribution < 1.29 is 14.3 Å². The Hall–Kier alpha value is -2.24. The summed E-state index contributed by atoms with van der Waals surface area (Å²) in [6, 6.07) is 11.4. The van der Waals surface area contributed by atoms with E-state index in [2.05, 4.69) is 10.6 Å². The van der Waals surface area contributed by atoms with Crippen LogP contribution >= 0.6 is 23.2 Å². The summed E-state index contributed by atoms with van der Waals surface area (Å²) in [6.07, 6.45) is 1.08. The molecule has 0 aromatic heterocycles. The molecule has 26 heavy (non-hydrogen) atoms. The quantitative estimate of drug-likeness (QED) is 0.632. The average Bonchev–Trinajstić information content (AvgIpc) is 2.58. The molecule has 2 N–H and O–H groups in total. The van der Waals surface area contributed by atoms with Gasteiger partial charge in [-0.2, -0.15) is 0 Å². The third kappa shape index (κ3) is 5.93. The second-order valence-electron chi connectivity index (χ2n) is 5.85. The van der Waals surface area contributed by atoms with Crippen LogP contribution in [0.15, 0.2) is 42.5 Å². The molecule has 1 unspecified atom stereocenters. The lowest BCUT2D eigenvalue weighted by atomic mass is 10.1. The molecular formula is C19H20Cl2N2O3. The van der Waals surface area contributed by atoms with Crippen molar-refractivity contribution >= 4 is 46.6 Å². The number of carbonyl (C=O) groups excluding carboxylic acids is 2. The Morgan fingerprint density at radius 1 is 1.04 bits per heavy atom. The van der Waals surface area contributed by atoms with Gasteiger partial charge in [-0.3, -0.25) is 10.1 Å². The molecule has 0 saturated heterocycles. The summed E-state index contributed by atoms with van der Waals surface area (Å²) in [5.41, 5.74) is 1.03. The van der Waals surface area contributed by atoms with Crippen molar-refractivity contribution in [1.29, 1.82) is 0 Å². The lowest BCUT2D eigenvalue weighted by Crippen LogP contribution is -2.20. The molecule has 138 valence electrons. The van der Waals surface area contributed by atoms with Crippen LogP contribution in [0, 0.1) is 5.92 Å². The number of halogens is 2. The molecule has 2 aromatic carbocycles. The standard InChI is InChI=1S/C19H20Cl2N2O3/c1-3-5-12(2)18(24)22-13-6-4-7-15(10-13)26-19(25)23-14-8-9-16(20)17(21)11-14/h4,6-12H,3,5H2,1-2H3,(H,22,24)(H,23,25). The van der Waals surface area contributed by atoms with Crippen LogP contribution in [0.25, 0.3) is 0 Å². The van der Waals surface area contributed by atoms with Gasteiger partial charge >= 0.3 is 6.09 Å². The van der Waals surface area contributed by atoms with Gasteiger partial charge in [0.05, 0.1) is 10.0 Å². The Morgan fingerprint density at radius 2 is 1.77 bits per heavy atom. The van der Waals surface area contributed by atoms with E-state index in [9.17, 15) is 9.59 Å². The van der Waals surface area contributed by atoms with Crippen LogP contribution < -0.4 is 15.4 Å². The van der Waals surface area contributed by atoms with Gasteiger partial charge in [0, 0.05) is 23.4 Å². The van der Waals surface area contributed by atoms with E-state index in [0.717, 1.165) is 12.8 Å². The number of rotatable bonds is 6. The molecule has 0 aliphatic heterocycles. The molecule has 2 rings (SSSR count). The molecule has 2 aromatic rings. The summed E-state index contributed by atoms with van der Waals surface area (Å²) < 4.78 is 5.24. The molecule has 0 heterocycles. The van der Waals surface area contributed by atoms with Gasteiger partial charge in [-0.15, -0.1) is 0 Å². The van der Waals surface area contributed by atoms with E-state index >= 15 is 0 Å². The number of ether oxygens (including phenoxy) is 1. The van der Waals surface area contributed by atoms with E-state index in [0.29, 0.717) is 27.2 Å². The highest BCUT2D eigenvalue weighted by Gasteiger charge is 2.13. The summed E-state index contributed by atoms with van der Waals surface area (Å²) in [4.78, 5) is 24.1. The summed E-state index contributed by atoms with van der Waals surface area (Å²) in [5.74, 6) is 0.162. The zero-order chi connectivity index (χ0) is 19.1. The van der Waals surface area contributed by atoms with Crippen LogP contribution in [0.2, 0.25) is 10.0 Å². The highest BCUT2D eigenvalue weighted by molar-refractivity contribution is 6.42. The molecule has 0 spiro atoms. The Kier molecular flexibility index (Phi) is 7.30.